The summed E-state index contributed by atoms with van der Waals surface area (Å²) in [6.45, 7) is 3.35. The molecule has 4 rings (SSSR count). The number of anilines is 3. The Kier molecular flexibility index (Phi) is 5.23. The zero-order valence-corrected chi connectivity index (χ0v) is 17.1. The number of carbonyl (C=O) groups excluding carboxylic acids is 1. The highest BCUT2D eigenvalue weighted by Crippen LogP contribution is 2.39. The Morgan fingerprint density at radius 2 is 1.75 bits per heavy atom. The van der Waals surface area contributed by atoms with Gasteiger partial charge in [0, 0.05) is 17.4 Å². The molecule has 166 valence electrons. The summed E-state index contributed by atoms with van der Waals surface area (Å²) in [5.74, 6) is -1.11. The second-order valence-corrected chi connectivity index (χ2v) is 7.35. The number of carbonyl (C=O) groups is 1. The summed E-state index contributed by atoms with van der Waals surface area (Å²) in [4.78, 5) is 33.9. The molecule has 0 saturated carbocycles. The summed E-state index contributed by atoms with van der Waals surface area (Å²) >= 11 is 0. The molecule has 0 spiro atoms. The van der Waals surface area contributed by atoms with E-state index in [-0.39, 0.29) is 23.5 Å². The van der Waals surface area contributed by atoms with Gasteiger partial charge in [0.25, 0.3) is 5.91 Å². The van der Waals surface area contributed by atoms with Gasteiger partial charge in [-0.2, -0.15) is 13.2 Å². The van der Waals surface area contributed by atoms with Crippen LogP contribution in [-0.2, 0) is 12.6 Å². The van der Waals surface area contributed by atoms with Crippen molar-refractivity contribution >= 4 is 23.0 Å². The summed E-state index contributed by atoms with van der Waals surface area (Å²) in [7, 11) is 0. The number of nitrogens with one attached hydrogen (secondary N) is 1. The Hall–Kier alpha value is -3.69. The molecule has 0 radical (unpaired) electrons. The van der Waals surface area contributed by atoms with E-state index in [1.165, 1.54) is 35.2 Å². The number of hydrogen-bond donors (Lipinski definition) is 1. The fraction of sp³-hybridized carbons (Fsp3) is 0.227. The molecule has 0 atom stereocenters. The number of aryl methyl sites for hydroxylation is 2. The molecule has 0 aliphatic carbocycles. The van der Waals surface area contributed by atoms with Crippen molar-refractivity contribution < 1.29 is 22.4 Å². The molecule has 32 heavy (non-hydrogen) atoms. The molecular formula is C22H18F4N4O2. The van der Waals surface area contributed by atoms with Gasteiger partial charge < -0.3 is 9.88 Å². The molecule has 0 bridgehead atoms. The van der Waals surface area contributed by atoms with E-state index in [1.807, 2.05) is 6.92 Å². The molecule has 6 nitrogen and oxygen atoms in total. The van der Waals surface area contributed by atoms with Crippen LogP contribution in [0, 0.1) is 12.7 Å². The van der Waals surface area contributed by atoms with Crippen LogP contribution in [-0.4, -0.2) is 22.5 Å². The second-order valence-electron chi connectivity index (χ2n) is 7.35. The van der Waals surface area contributed by atoms with E-state index in [9.17, 15) is 27.2 Å². The first-order chi connectivity index (χ1) is 15.1. The van der Waals surface area contributed by atoms with Gasteiger partial charge in [-0.1, -0.05) is 6.92 Å². The van der Waals surface area contributed by atoms with E-state index in [0.717, 1.165) is 6.20 Å². The molecule has 0 fully saturated rings. The summed E-state index contributed by atoms with van der Waals surface area (Å²) in [5.41, 5.74) is 0.297. The fourth-order valence-electron chi connectivity index (χ4n) is 3.77. The van der Waals surface area contributed by atoms with Crippen molar-refractivity contribution in [2.24, 2.45) is 0 Å². The van der Waals surface area contributed by atoms with Crippen LogP contribution in [0.3, 0.4) is 0 Å². The summed E-state index contributed by atoms with van der Waals surface area (Å²) in [5, 5.41) is 0. The van der Waals surface area contributed by atoms with E-state index in [0.29, 0.717) is 35.1 Å². The van der Waals surface area contributed by atoms with Crippen LogP contribution in [0.2, 0.25) is 0 Å². The third kappa shape index (κ3) is 3.72. The molecule has 1 aromatic carbocycles. The summed E-state index contributed by atoms with van der Waals surface area (Å²) < 4.78 is 53.8. The number of hydrogen-bond acceptors (Lipinski definition) is 4. The van der Waals surface area contributed by atoms with Crippen molar-refractivity contribution in [3.8, 4) is 0 Å². The normalized spacial score (nSPS) is 14.0. The minimum atomic E-state index is -4.74. The van der Waals surface area contributed by atoms with Crippen molar-refractivity contribution in [1.82, 2.24) is 9.97 Å². The maximum Gasteiger partial charge on any atom is 0.433 e. The molecular weight excluding hydrogens is 428 g/mol. The molecule has 10 heteroatoms. The number of aromatic nitrogens is 2. The first-order valence-electron chi connectivity index (χ1n) is 9.75. The van der Waals surface area contributed by atoms with Crippen LogP contribution in [0.1, 0.15) is 34.2 Å². The average Bonchev–Trinajstić information content (AvgIpc) is 2.74. The number of halogens is 4. The third-order valence-electron chi connectivity index (χ3n) is 5.31. The molecule has 0 unspecified atom stereocenters. The topological polar surface area (TPSA) is 69.3 Å². The lowest BCUT2D eigenvalue weighted by Gasteiger charge is -2.39. The summed E-state index contributed by atoms with van der Waals surface area (Å²) in [6, 6.07) is 7.50. The number of nitrogens with zero attached hydrogens (tertiary/aromatic N) is 3. The van der Waals surface area contributed by atoms with Crippen molar-refractivity contribution in [2.45, 2.75) is 26.4 Å². The maximum absolute atomic E-state index is 13.8. The van der Waals surface area contributed by atoms with Crippen LogP contribution in [0.4, 0.5) is 34.6 Å². The van der Waals surface area contributed by atoms with Gasteiger partial charge in [0.15, 0.2) is 0 Å². The SMILES string of the molecule is CCc1cc(F)ccc1N1CN(c2ccc(=O)[nH]c2C)C(=O)c2cc(C(F)(F)F)ncc21. The Labute approximate surface area is 180 Å². The number of H-pyrrole nitrogens is 1. The monoisotopic (exact) mass is 446 g/mol. The fourth-order valence-corrected chi connectivity index (χ4v) is 3.77. The largest absolute Gasteiger partial charge is 0.433 e. The molecule has 1 aliphatic heterocycles. The van der Waals surface area contributed by atoms with E-state index >= 15 is 0 Å². The Bertz CT molecular complexity index is 1270. The molecule has 3 heterocycles. The number of pyridine rings is 2. The Morgan fingerprint density at radius 1 is 1.03 bits per heavy atom. The number of amides is 1. The molecule has 2 aromatic heterocycles. The van der Waals surface area contributed by atoms with Gasteiger partial charge in [-0.25, -0.2) is 9.37 Å². The smallest absolute Gasteiger partial charge is 0.324 e. The van der Waals surface area contributed by atoms with E-state index in [4.69, 9.17) is 0 Å². The van der Waals surface area contributed by atoms with Crippen molar-refractivity contribution in [3.63, 3.8) is 0 Å². The predicted molar refractivity (Wildman–Crippen MR) is 111 cm³/mol. The van der Waals surface area contributed by atoms with Crippen LogP contribution in [0.25, 0.3) is 0 Å². The van der Waals surface area contributed by atoms with Crippen molar-refractivity contribution in [1.29, 1.82) is 0 Å². The van der Waals surface area contributed by atoms with Crippen LogP contribution in [0.5, 0.6) is 0 Å². The van der Waals surface area contributed by atoms with Gasteiger partial charge in [0.2, 0.25) is 5.56 Å². The number of fused-ring (bicyclic) bond motifs is 1. The molecule has 3 aromatic rings. The van der Waals surface area contributed by atoms with Crippen molar-refractivity contribution in [3.05, 3.63) is 81.3 Å². The van der Waals surface area contributed by atoms with Crippen LogP contribution >= 0.6 is 0 Å². The van der Waals surface area contributed by atoms with E-state index < -0.39 is 23.6 Å². The third-order valence-corrected chi connectivity index (χ3v) is 5.31. The number of aromatic amines is 1. The highest BCUT2D eigenvalue weighted by Gasteiger charge is 2.38. The van der Waals surface area contributed by atoms with Gasteiger partial charge >= 0.3 is 6.18 Å². The van der Waals surface area contributed by atoms with Gasteiger partial charge in [0.1, 0.15) is 18.2 Å². The second kappa shape index (κ2) is 7.77. The lowest BCUT2D eigenvalue weighted by molar-refractivity contribution is -0.141. The van der Waals surface area contributed by atoms with Gasteiger partial charge in [-0.15, -0.1) is 0 Å². The minimum Gasteiger partial charge on any atom is -0.324 e. The van der Waals surface area contributed by atoms with Crippen molar-refractivity contribution in [2.75, 3.05) is 16.5 Å². The van der Waals surface area contributed by atoms with Crippen LogP contribution in [0.15, 0.2) is 47.4 Å². The lowest BCUT2D eigenvalue weighted by atomic mass is 10.0. The first-order valence-corrected chi connectivity index (χ1v) is 9.75. The first kappa shape index (κ1) is 21.5. The lowest BCUT2D eigenvalue weighted by Crippen LogP contribution is -2.46. The van der Waals surface area contributed by atoms with Gasteiger partial charge in [-0.3, -0.25) is 14.5 Å². The zero-order chi connectivity index (χ0) is 23.2. The quantitative estimate of drug-likeness (QED) is 0.600. The minimum absolute atomic E-state index is 0.0651. The Morgan fingerprint density at radius 3 is 2.41 bits per heavy atom. The zero-order valence-electron chi connectivity index (χ0n) is 17.1. The molecule has 1 N–H and O–H groups in total. The van der Waals surface area contributed by atoms with Crippen LogP contribution < -0.4 is 15.4 Å². The summed E-state index contributed by atoms with van der Waals surface area (Å²) in [6.07, 6.45) is -3.27. The maximum atomic E-state index is 13.8. The highest BCUT2D eigenvalue weighted by atomic mass is 19.4. The van der Waals surface area contributed by atoms with Gasteiger partial charge in [-0.05, 0) is 49.2 Å². The van der Waals surface area contributed by atoms with E-state index in [2.05, 4.69) is 9.97 Å². The molecule has 1 aliphatic rings. The standard InChI is InChI=1S/C22H18F4N4O2/c1-3-13-8-14(23)4-5-17(13)29-11-30(16-6-7-20(31)28-12(16)2)21(32)15-9-19(22(24,25)26)27-10-18(15)29/h4-10H,3,11H2,1-2H3,(H,28,31). The Balaban J connectivity index is 1.94. The number of benzene rings is 1. The molecule has 0 saturated heterocycles. The molecule has 1 amide bonds. The highest BCUT2D eigenvalue weighted by molar-refractivity contribution is 6.12. The number of rotatable bonds is 3. The van der Waals surface area contributed by atoms with Gasteiger partial charge in [0.05, 0.1) is 23.1 Å². The number of alkyl halides is 3. The average molecular weight is 446 g/mol. The van der Waals surface area contributed by atoms with E-state index in [1.54, 1.807) is 11.8 Å². The predicted octanol–water partition coefficient (Wildman–Crippen LogP) is 4.55.